The van der Waals surface area contributed by atoms with Gasteiger partial charge in [-0.25, -0.2) is 0 Å². The second-order valence-electron chi connectivity index (χ2n) is 5.30. The van der Waals surface area contributed by atoms with Crippen LogP contribution in [0.3, 0.4) is 0 Å². The quantitative estimate of drug-likeness (QED) is 0.764. The van der Waals surface area contributed by atoms with E-state index >= 15 is 0 Å². The Morgan fingerprint density at radius 1 is 1.41 bits per heavy atom. The standard InChI is InChI=1S/C13H25NO3/c1-15-10-12(16-2)9-14-11-4-7-17-13(8-11)5-3-6-13/h11-12,14H,3-10H2,1-2H3. The Balaban J connectivity index is 1.71. The molecule has 1 heterocycles. The highest BCUT2D eigenvalue weighted by Crippen LogP contribution is 2.42. The minimum absolute atomic E-state index is 0.153. The molecule has 4 nitrogen and oxygen atoms in total. The summed E-state index contributed by atoms with van der Waals surface area (Å²) in [4.78, 5) is 0. The van der Waals surface area contributed by atoms with E-state index in [1.165, 1.54) is 19.3 Å². The first-order valence-electron chi connectivity index (χ1n) is 6.67. The van der Waals surface area contributed by atoms with Crippen molar-refractivity contribution in [1.82, 2.24) is 5.32 Å². The average Bonchev–Trinajstić information content (AvgIpc) is 2.33. The molecular formula is C13H25NO3. The third-order valence-electron chi connectivity index (χ3n) is 4.08. The lowest BCUT2D eigenvalue weighted by Gasteiger charge is -2.47. The van der Waals surface area contributed by atoms with E-state index in [2.05, 4.69) is 5.32 Å². The first-order valence-corrected chi connectivity index (χ1v) is 6.67. The van der Waals surface area contributed by atoms with Crippen molar-refractivity contribution >= 4 is 0 Å². The number of rotatable bonds is 6. The van der Waals surface area contributed by atoms with Crippen LogP contribution in [-0.4, -0.2) is 51.7 Å². The highest BCUT2D eigenvalue weighted by molar-refractivity contribution is 4.96. The molecule has 1 saturated heterocycles. The van der Waals surface area contributed by atoms with E-state index in [0.29, 0.717) is 12.6 Å². The molecule has 2 unspecified atom stereocenters. The predicted molar refractivity (Wildman–Crippen MR) is 66.2 cm³/mol. The van der Waals surface area contributed by atoms with Gasteiger partial charge in [0.05, 0.1) is 18.3 Å². The third kappa shape index (κ3) is 3.41. The fraction of sp³-hybridized carbons (Fsp3) is 1.00. The molecule has 1 N–H and O–H groups in total. The van der Waals surface area contributed by atoms with Gasteiger partial charge in [0.1, 0.15) is 0 Å². The maximum absolute atomic E-state index is 5.92. The first-order chi connectivity index (χ1) is 8.28. The fourth-order valence-electron chi connectivity index (χ4n) is 2.82. The largest absolute Gasteiger partial charge is 0.382 e. The molecule has 1 aliphatic heterocycles. The van der Waals surface area contributed by atoms with Crippen molar-refractivity contribution in [2.75, 3.05) is 34.0 Å². The lowest BCUT2D eigenvalue weighted by Crippen LogP contribution is -2.52. The van der Waals surface area contributed by atoms with E-state index in [1.54, 1.807) is 14.2 Å². The van der Waals surface area contributed by atoms with Crippen molar-refractivity contribution < 1.29 is 14.2 Å². The van der Waals surface area contributed by atoms with Crippen molar-refractivity contribution in [2.24, 2.45) is 0 Å². The van der Waals surface area contributed by atoms with Gasteiger partial charge in [-0.2, -0.15) is 0 Å². The normalized spacial score (nSPS) is 28.9. The van der Waals surface area contributed by atoms with Crippen LogP contribution < -0.4 is 5.32 Å². The van der Waals surface area contributed by atoms with Crippen molar-refractivity contribution in [3.05, 3.63) is 0 Å². The van der Waals surface area contributed by atoms with Crippen molar-refractivity contribution in [3.63, 3.8) is 0 Å². The molecule has 1 spiro atoms. The molecule has 0 aromatic rings. The molecule has 0 amide bonds. The minimum Gasteiger partial charge on any atom is -0.382 e. The monoisotopic (exact) mass is 243 g/mol. The second-order valence-corrected chi connectivity index (χ2v) is 5.30. The van der Waals surface area contributed by atoms with E-state index in [9.17, 15) is 0 Å². The molecule has 2 rings (SSSR count). The van der Waals surface area contributed by atoms with Crippen LogP contribution in [0.15, 0.2) is 0 Å². The number of methoxy groups -OCH3 is 2. The van der Waals surface area contributed by atoms with Gasteiger partial charge in [0, 0.05) is 33.4 Å². The zero-order chi connectivity index (χ0) is 12.1. The highest BCUT2D eigenvalue weighted by Gasteiger charge is 2.42. The van der Waals surface area contributed by atoms with Crippen molar-refractivity contribution in [1.29, 1.82) is 0 Å². The van der Waals surface area contributed by atoms with Gasteiger partial charge in [0.2, 0.25) is 0 Å². The zero-order valence-electron chi connectivity index (χ0n) is 11.0. The van der Waals surface area contributed by atoms with Gasteiger partial charge in [0.15, 0.2) is 0 Å². The molecule has 2 aliphatic rings. The minimum atomic E-state index is 0.153. The maximum Gasteiger partial charge on any atom is 0.0928 e. The van der Waals surface area contributed by atoms with Crippen molar-refractivity contribution in [3.8, 4) is 0 Å². The van der Waals surface area contributed by atoms with Crippen LogP contribution >= 0.6 is 0 Å². The lowest BCUT2D eigenvalue weighted by molar-refractivity contribution is -0.136. The van der Waals surface area contributed by atoms with Crippen LogP contribution in [0.2, 0.25) is 0 Å². The van der Waals surface area contributed by atoms with Gasteiger partial charge < -0.3 is 19.5 Å². The third-order valence-corrected chi connectivity index (χ3v) is 4.08. The molecule has 17 heavy (non-hydrogen) atoms. The molecule has 1 aliphatic carbocycles. The van der Waals surface area contributed by atoms with Crippen LogP contribution in [0.5, 0.6) is 0 Å². The molecule has 0 aromatic heterocycles. The van der Waals surface area contributed by atoms with E-state index in [-0.39, 0.29) is 11.7 Å². The average molecular weight is 243 g/mol. The highest BCUT2D eigenvalue weighted by atomic mass is 16.5. The smallest absolute Gasteiger partial charge is 0.0928 e. The zero-order valence-corrected chi connectivity index (χ0v) is 11.0. The van der Waals surface area contributed by atoms with E-state index in [1.807, 2.05) is 0 Å². The lowest BCUT2D eigenvalue weighted by atomic mass is 9.74. The van der Waals surface area contributed by atoms with Gasteiger partial charge >= 0.3 is 0 Å². The molecule has 0 bridgehead atoms. The molecule has 0 radical (unpaired) electrons. The van der Waals surface area contributed by atoms with Gasteiger partial charge in [0.25, 0.3) is 0 Å². The van der Waals surface area contributed by atoms with Gasteiger partial charge in [-0.15, -0.1) is 0 Å². The number of hydrogen-bond acceptors (Lipinski definition) is 4. The van der Waals surface area contributed by atoms with E-state index in [0.717, 1.165) is 26.0 Å². The van der Waals surface area contributed by atoms with Crippen LogP contribution in [0, 0.1) is 0 Å². The number of hydrogen-bond donors (Lipinski definition) is 1. The Kier molecular flexibility index (Phi) is 4.79. The molecule has 4 heteroatoms. The summed E-state index contributed by atoms with van der Waals surface area (Å²) in [5.41, 5.74) is 0.222. The summed E-state index contributed by atoms with van der Waals surface area (Å²) in [5, 5.41) is 3.60. The van der Waals surface area contributed by atoms with Crippen LogP contribution in [0.25, 0.3) is 0 Å². The van der Waals surface area contributed by atoms with Crippen molar-refractivity contribution in [2.45, 2.75) is 49.9 Å². The Hall–Kier alpha value is -0.160. The second kappa shape index (κ2) is 6.14. The van der Waals surface area contributed by atoms with E-state index in [4.69, 9.17) is 14.2 Å². The summed E-state index contributed by atoms with van der Waals surface area (Å²) < 4.78 is 16.4. The molecule has 100 valence electrons. The maximum atomic E-state index is 5.92. The Morgan fingerprint density at radius 2 is 2.24 bits per heavy atom. The topological polar surface area (TPSA) is 39.7 Å². The molecule has 0 aromatic carbocycles. The summed E-state index contributed by atoms with van der Waals surface area (Å²) in [6.07, 6.45) is 6.26. The summed E-state index contributed by atoms with van der Waals surface area (Å²) in [7, 11) is 3.45. The summed E-state index contributed by atoms with van der Waals surface area (Å²) in [6, 6.07) is 0.582. The molecule has 2 fully saturated rings. The Morgan fingerprint density at radius 3 is 2.82 bits per heavy atom. The first kappa shape index (κ1) is 13.3. The Bertz CT molecular complexity index is 231. The van der Waals surface area contributed by atoms with Gasteiger partial charge in [-0.3, -0.25) is 0 Å². The molecule has 2 atom stereocenters. The van der Waals surface area contributed by atoms with Gasteiger partial charge in [-0.05, 0) is 32.1 Å². The van der Waals surface area contributed by atoms with E-state index < -0.39 is 0 Å². The van der Waals surface area contributed by atoms with Crippen LogP contribution in [0.1, 0.15) is 32.1 Å². The summed E-state index contributed by atoms with van der Waals surface area (Å²) in [6.45, 7) is 2.42. The Labute approximate surface area is 104 Å². The fourth-order valence-corrected chi connectivity index (χ4v) is 2.82. The number of nitrogens with one attached hydrogen (secondary N) is 1. The molecule has 1 saturated carbocycles. The summed E-state index contributed by atoms with van der Waals surface area (Å²) in [5.74, 6) is 0. The summed E-state index contributed by atoms with van der Waals surface area (Å²) >= 11 is 0. The number of ether oxygens (including phenoxy) is 3. The SMILES string of the molecule is COCC(CNC1CCOC2(CCC2)C1)OC. The van der Waals surface area contributed by atoms with Crippen LogP contribution in [0.4, 0.5) is 0 Å². The van der Waals surface area contributed by atoms with Crippen LogP contribution in [-0.2, 0) is 14.2 Å². The molecular weight excluding hydrogens is 218 g/mol. The predicted octanol–water partition coefficient (Wildman–Crippen LogP) is 1.34. The van der Waals surface area contributed by atoms with Gasteiger partial charge in [-0.1, -0.05) is 0 Å².